The van der Waals surface area contributed by atoms with E-state index in [0.717, 1.165) is 29.0 Å². The molecule has 1 amide bonds. The summed E-state index contributed by atoms with van der Waals surface area (Å²) in [5, 5.41) is 9.17. The van der Waals surface area contributed by atoms with Gasteiger partial charge in [-0.1, -0.05) is 0 Å². The number of aromatic nitrogens is 4. The van der Waals surface area contributed by atoms with Gasteiger partial charge in [-0.25, -0.2) is 13.2 Å². The van der Waals surface area contributed by atoms with Crippen LogP contribution in [-0.2, 0) is 31.4 Å². The van der Waals surface area contributed by atoms with Crippen LogP contribution >= 0.6 is 0 Å². The molecular formula is C24H26F3N5O2. The molecule has 0 aliphatic carbocycles. The van der Waals surface area contributed by atoms with Gasteiger partial charge in [0.1, 0.15) is 0 Å². The van der Waals surface area contributed by atoms with Crippen molar-refractivity contribution in [1.29, 1.82) is 0 Å². The molecule has 0 saturated carbocycles. The number of fused-ring (bicyclic) bond motifs is 2. The third kappa shape index (κ3) is 3.43. The third-order valence-corrected chi connectivity index (χ3v) is 6.81. The Kier molecular flexibility index (Phi) is 5.12. The molecule has 180 valence electrons. The predicted octanol–water partition coefficient (Wildman–Crippen LogP) is 4.08. The maximum atomic E-state index is 13.9. The van der Waals surface area contributed by atoms with Gasteiger partial charge >= 0.3 is 0 Å². The summed E-state index contributed by atoms with van der Waals surface area (Å²) in [6.07, 6.45) is 0.442. The van der Waals surface area contributed by atoms with Crippen LogP contribution in [0.1, 0.15) is 59.8 Å². The van der Waals surface area contributed by atoms with Crippen LogP contribution in [0.25, 0.3) is 11.3 Å². The first-order valence-corrected chi connectivity index (χ1v) is 11.2. The largest absolute Gasteiger partial charge is 0.367 e. The summed E-state index contributed by atoms with van der Waals surface area (Å²) in [7, 11) is 1.67. The van der Waals surface area contributed by atoms with Crippen molar-refractivity contribution in [3.63, 3.8) is 0 Å². The molecule has 0 radical (unpaired) electrons. The van der Waals surface area contributed by atoms with Gasteiger partial charge in [-0.15, -0.1) is 0 Å². The van der Waals surface area contributed by atoms with Gasteiger partial charge < -0.3 is 9.64 Å². The maximum absolute atomic E-state index is 13.9. The quantitative estimate of drug-likeness (QED) is 0.527. The second-order valence-electron chi connectivity index (χ2n) is 9.64. The number of rotatable bonds is 2. The number of ether oxygens (including phenoxy) is 1. The topological polar surface area (TPSA) is 65.2 Å². The molecule has 10 heteroatoms. The molecule has 2 aliphatic rings. The van der Waals surface area contributed by atoms with E-state index in [1.165, 1.54) is 4.68 Å². The first-order valence-electron chi connectivity index (χ1n) is 11.2. The van der Waals surface area contributed by atoms with Crippen molar-refractivity contribution in [3.05, 3.63) is 57.8 Å². The highest BCUT2D eigenvalue weighted by Crippen LogP contribution is 2.37. The average molecular weight is 473 g/mol. The van der Waals surface area contributed by atoms with Crippen LogP contribution in [0.15, 0.2) is 12.1 Å². The van der Waals surface area contributed by atoms with Gasteiger partial charge in [0.15, 0.2) is 23.1 Å². The zero-order valence-electron chi connectivity index (χ0n) is 19.7. The molecule has 1 aromatic carbocycles. The lowest BCUT2D eigenvalue weighted by Crippen LogP contribution is -2.39. The molecule has 1 atom stereocenters. The molecule has 0 fully saturated rings. The van der Waals surface area contributed by atoms with Gasteiger partial charge in [0.05, 0.1) is 41.9 Å². The molecule has 4 heterocycles. The predicted molar refractivity (Wildman–Crippen MR) is 118 cm³/mol. The molecule has 0 spiro atoms. The summed E-state index contributed by atoms with van der Waals surface area (Å²) in [4.78, 5) is 15.3. The van der Waals surface area contributed by atoms with Crippen molar-refractivity contribution in [1.82, 2.24) is 24.5 Å². The van der Waals surface area contributed by atoms with Crippen molar-refractivity contribution in [2.24, 2.45) is 7.05 Å². The first kappa shape index (κ1) is 22.6. The highest BCUT2D eigenvalue weighted by molar-refractivity contribution is 5.94. The smallest absolute Gasteiger partial charge is 0.275 e. The van der Waals surface area contributed by atoms with E-state index in [4.69, 9.17) is 4.74 Å². The van der Waals surface area contributed by atoms with Gasteiger partial charge in [0, 0.05) is 30.3 Å². The number of hydrogen-bond acceptors (Lipinski definition) is 4. The van der Waals surface area contributed by atoms with E-state index in [-0.39, 0.29) is 23.1 Å². The van der Waals surface area contributed by atoms with Crippen molar-refractivity contribution in [3.8, 4) is 11.3 Å². The molecular weight excluding hydrogens is 447 g/mol. The number of aryl methyl sites for hydroxylation is 1. The minimum absolute atomic E-state index is 0.193. The van der Waals surface area contributed by atoms with E-state index in [9.17, 15) is 18.0 Å². The molecule has 2 aliphatic heterocycles. The molecule has 3 aromatic rings. The van der Waals surface area contributed by atoms with Crippen LogP contribution < -0.4 is 0 Å². The van der Waals surface area contributed by atoms with E-state index in [1.54, 1.807) is 11.9 Å². The van der Waals surface area contributed by atoms with Crippen molar-refractivity contribution >= 4 is 5.91 Å². The van der Waals surface area contributed by atoms with Crippen molar-refractivity contribution in [2.75, 3.05) is 6.54 Å². The van der Waals surface area contributed by atoms with Crippen LogP contribution in [0.5, 0.6) is 0 Å². The van der Waals surface area contributed by atoms with Gasteiger partial charge in [0.2, 0.25) is 0 Å². The van der Waals surface area contributed by atoms with E-state index in [1.807, 2.05) is 32.4 Å². The molecule has 34 heavy (non-hydrogen) atoms. The Labute approximate surface area is 195 Å². The number of benzene rings is 1. The number of halogens is 3. The van der Waals surface area contributed by atoms with E-state index < -0.39 is 17.5 Å². The number of hydrogen-bond donors (Lipinski definition) is 0. The van der Waals surface area contributed by atoms with E-state index in [2.05, 4.69) is 10.2 Å². The second kappa shape index (κ2) is 7.69. The van der Waals surface area contributed by atoms with Gasteiger partial charge in [-0.3, -0.25) is 14.2 Å². The van der Waals surface area contributed by atoms with Gasteiger partial charge in [-0.05, 0) is 46.2 Å². The van der Waals surface area contributed by atoms with E-state index >= 15 is 0 Å². The fourth-order valence-corrected chi connectivity index (χ4v) is 4.98. The Morgan fingerprint density at radius 3 is 2.53 bits per heavy atom. The molecule has 7 nitrogen and oxygen atoms in total. The number of carbonyl (C=O) groups excluding carboxylic acids is 1. The van der Waals surface area contributed by atoms with Gasteiger partial charge in [0.25, 0.3) is 5.91 Å². The highest BCUT2D eigenvalue weighted by atomic mass is 19.2. The Hall–Kier alpha value is -3.14. The Balaban J connectivity index is 1.48. The van der Waals surface area contributed by atoms with Crippen molar-refractivity contribution < 1.29 is 22.7 Å². The maximum Gasteiger partial charge on any atom is 0.275 e. The number of amides is 1. The fraction of sp³-hybridized carbons (Fsp3) is 0.458. The molecule has 0 unspecified atom stereocenters. The number of nitrogens with zero attached hydrogens (tertiary/aromatic N) is 5. The Bertz CT molecular complexity index is 1300. The highest BCUT2D eigenvalue weighted by Gasteiger charge is 2.37. The molecule has 0 bridgehead atoms. The SMILES string of the molecule is Cc1c(C(=O)N2CCc3c(nn(C)c3-c3cc(F)c(F)c(F)c3)[C@@H]2C)nn2c1COC(C)(C)C2. The minimum Gasteiger partial charge on any atom is -0.367 e. The zero-order chi connectivity index (χ0) is 24.5. The van der Waals surface area contributed by atoms with Crippen LogP contribution in [-0.4, -0.2) is 42.5 Å². The Morgan fingerprint density at radius 1 is 1.18 bits per heavy atom. The van der Waals surface area contributed by atoms with Gasteiger partial charge in [-0.2, -0.15) is 10.2 Å². The minimum atomic E-state index is -1.50. The Morgan fingerprint density at radius 2 is 1.85 bits per heavy atom. The number of carbonyl (C=O) groups is 1. The first-order chi connectivity index (χ1) is 16.0. The average Bonchev–Trinajstić information content (AvgIpc) is 3.27. The van der Waals surface area contributed by atoms with Crippen LogP contribution in [0.2, 0.25) is 0 Å². The molecule has 2 aromatic heterocycles. The third-order valence-electron chi connectivity index (χ3n) is 6.81. The fourth-order valence-electron chi connectivity index (χ4n) is 4.98. The summed E-state index contributed by atoms with van der Waals surface area (Å²) >= 11 is 0. The van der Waals surface area contributed by atoms with Crippen LogP contribution in [0.4, 0.5) is 13.2 Å². The summed E-state index contributed by atoms with van der Waals surface area (Å²) < 4.78 is 50.5. The van der Waals surface area contributed by atoms with E-state index in [0.29, 0.717) is 43.2 Å². The lowest BCUT2D eigenvalue weighted by molar-refractivity contribution is -0.0663. The normalized spacial score (nSPS) is 19.2. The van der Waals surface area contributed by atoms with Crippen LogP contribution in [0, 0.1) is 24.4 Å². The standard InChI is InChI=1S/C24H26F3N5O2/c1-12-18-10-34-24(3,4)11-32(18)29-20(12)23(33)31-7-6-15-21(13(31)2)28-30(5)22(15)14-8-16(25)19(27)17(26)9-14/h8-9,13H,6-7,10-11H2,1-5H3/t13-/m0/s1. The molecule has 0 saturated heterocycles. The molecule has 0 N–H and O–H groups in total. The monoisotopic (exact) mass is 473 g/mol. The summed E-state index contributed by atoms with van der Waals surface area (Å²) in [6, 6.07) is 1.57. The molecule has 5 rings (SSSR count). The summed E-state index contributed by atoms with van der Waals surface area (Å²) in [6.45, 7) is 9.07. The van der Waals surface area contributed by atoms with Crippen LogP contribution in [0.3, 0.4) is 0 Å². The lowest BCUT2D eigenvalue weighted by atomic mass is 9.95. The lowest BCUT2D eigenvalue weighted by Gasteiger charge is -2.32. The summed E-state index contributed by atoms with van der Waals surface area (Å²) in [5.41, 5.74) is 3.90. The second-order valence-corrected chi connectivity index (χ2v) is 9.64. The summed E-state index contributed by atoms with van der Waals surface area (Å²) in [5.74, 6) is -4.20. The zero-order valence-corrected chi connectivity index (χ0v) is 19.7. The van der Waals surface area contributed by atoms with Crippen molar-refractivity contribution in [2.45, 2.75) is 58.9 Å².